The molecule has 0 heterocycles. The number of hydrogen-bond acceptors (Lipinski definition) is 4. The maximum atomic E-state index is 11.8. The summed E-state index contributed by atoms with van der Waals surface area (Å²) < 4.78 is 5.12. The number of ether oxygens (including phenoxy) is 1. The van der Waals surface area contributed by atoms with Crippen molar-refractivity contribution in [2.24, 2.45) is 0 Å². The van der Waals surface area contributed by atoms with Gasteiger partial charge < -0.3 is 15.2 Å². The van der Waals surface area contributed by atoms with E-state index in [0.29, 0.717) is 11.1 Å². The number of hydrogen-bond donors (Lipinski definition) is 2. The van der Waals surface area contributed by atoms with Crippen LogP contribution in [0.4, 0.5) is 4.79 Å². The number of amides is 1. The van der Waals surface area contributed by atoms with Crippen LogP contribution in [0.15, 0.2) is 24.3 Å². The Morgan fingerprint density at radius 1 is 1.43 bits per heavy atom. The summed E-state index contributed by atoms with van der Waals surface area (Å²) in [5.41, 5.74) is 0.267. The summed E-state index contributed by atoms with van der Waals surface area (Å²) in [6, 6.07) is 7.67. The van der Waals surface area contributed by atoms with Gasteiger partial charge in [0.05, 0.1) is 24.1 Å². The fraction of sp³-hybridized carbons (Fsp3) is 0.400. The number of carboxylic acids is 1. The lowest BCUT2D eigenvalue weighted by atomic mass is 10.0. The molecule has 112 valence electrons. The van der Waals surface area contributed by atoms with Crippen LogP contribution in [-0.2, 0) is 9.53 Å². The average Bonchev–Trinajstić information content (AvgIpc) is 2.35. The molecular weight excluding hydrogens is 272 g/mol. The van der Waals surface area contributed by atoms with E-state index in [2.05, 4.69) is 5.32 Å². The van der Waals surface area contributed by atoms with Crippen LogP contribution < -0.4 is 5.32 Å². The number of alkyl carbamates (subject to hydrolysis) is 1. The van der Waals surface area contributed by atoms with Crippen molar-refractivity contribution in [1.29, 1.82) is 5.26 Å². The van der Waals surface area contributed by atoms with E-state index >= 15 is 0 Å². The topological polar surface area (TPSA) is 99.4 Å². The highest BCUT2D eigenvalue weighted by Gasteiger charge is 2.22. The zero-order valence-electron chi connectivity index (χ0n) is 12.2. The molecule has 1 unspecified atom stereocenters. The Kier molecular flexibility index (Phi) is 5.30. The van der Waals surface area contributed by atoms with E-state index in [1.165, 1.54) is 0 Å². The van der Waals surface area contributed by atoms with Gasteiger partial charge in [-0.2, -0.15) is 5.26 Å². The quantitative estimate of drug-likeness (QED) is 0.887. The molecule has 6 heteroatoms. The summed E-state index contributed by atoms with van der Waals surface area (Å²) >= 11 is 0. The first kappa shape index (κ1) is 16.5. The van der Waals surface area contributed by atoms with Gasteiger partial charge in [0, 0.05) is 0 Å². The standard InChI is InChI=1S/C15H18N2O4/c1-15(2,3)21-14(20)17-12(8-13(18)19)11-6-4-5-10(7-11)9-16/h4-7,12H,8H2,1-3H3,(H,17,20)(H,18,19). The van der Waals surface area contributed by atoms with Crippen LogP contribution in [-0.4, -0.2) is 22.8 Å². The Balaban J connectivity index is 2.93. The first-order valence-electron chi connectivity index (χ1n) is 6.42. The summed E-state index contributed by atoms with van der Waals surface area (Å²) in [6.45, 7) is 5.15. The number of carboxylic acid groups (broad SMARTS) is 1. The summed E-state index contributed by atoms with van der Waals surface area (Å²) in [5.74, 6) is -1.06. The van der Waals surface area contributed by atoms with Gasteiger partial charge in [-0.25, -0.2) is 4.79 Å². The van der Waals surface area contributed by atoms with E-state index in [-0.39, 0.29) is 6.42 Å². The molecule has 0 fully saturated rings. The van der Waals surface area contributed by atoms with E-state index in [1.54, 1.807) is 45.0 Å². The molecule has 21 heavy (non-hydrogen) atoms. The van der Waals surface area contributed by atoms with Crippen molar-refractivity contribution in [3.05, 3.63) is 35.4 Å². The Hall–Kier alpha value is -2.55. The van der Waals surface area contributed by atoms with Gasteiger partial charge in [0.25, 0.3) is 0 Å². The molecule has 0 spiro atoms. The van der Waals surface area contributed by atoms with Gasteiger partial charge in [0.15, 0.2) is 0 Å². The molecule has 0 aliphatic carbocycles. The van der Waals surface area contributed by atoms with Crippen molar-refractivity contribution in [3.63, 3.8) is 0 Å². The van der Waals surface area contributed by atoms with Gasteiger partial charge in [-0.15, -0.1) is 0 Å². The number of rotatable bonds is 4. The SMILES string of the molecule is CC(C)(C)OC(=O)NC(CC(=O)O)c1cccc(C#N)c1. The van der Waals surface area contributed by atoms with Crippen LogP contribution in [0.5, 0.6) is 0 Å². The minimum absolute atomic E-state index is 0.297. The Labute approximate surface area is 123 Å². The van der Waals surface area contributed by atoms with Gasteiger partial charge in [-0.3, -0.25) is 4.79 Å². The molecule has 0 saturated heterocycles. The second kappa shape index (κ2) is 6.75. The smallest absolute Gasteiger partial charge is 0.408 e. The van der Waals surface area contributed by atoms with Crippen molar-refractivity contribution in [1.82, 2.24) is 5.32 Å². The predicted molar refractivity (Wildman–Crippen MR) is 75.5 cm³/mol. The molecule has 0 aliphatic rings. The summed E-state index contributed by atoms with van der Waals surface area (Å²) in [7, 11) is 0. The molecule has 1 aromatic carbocycles. The maximum Gasteiger partial charge on any atom is 0.408 e. The molecule has 0 bridgehead atoms. The fourth-order valence-electron chi connectivity index (χ4n) is 1.70. The van der Waals surface area contributed by atoms with Crippen LogP contribution in [0.3, 0.4) is 0 Å². The normalized spacial score (nSPS) is 12.1. The van der Waals surface area contributed by atoms with Gasteiger partial charge in [-0.1, -0.05) is 12.1 Å². The number of nitriles is 1. The third kappa shape index (κ3) is 5.95. The van der Waals surface area contributed by atoms with Crippen molar-refractivity contribution >= 4 is 12.1 Å². The first-order chi connectivity index (χ1) is 9.71. The molecule has 0 saturated carbocycles. The van der Waals surface area contributed by atoms with Crippen molar-refractivity contribution in [3.8, 4) is 6.07 Å². The van der Waals surface area contributed by atoms with Crippen LogP contribution in [0, 0.1) is 11.3 Å². The highest BCUT2D eigenvalue weighted by molar-refractivity contribution is 5.72. The predicted octanol–water partition coefficient (Wildman–Crippen LogP) is 2.60. The summed E-state index contributed by atoms with van der Waals surface area (Å²) in [5, 5.41) is 20.4. The monoisotopic (exact) mass is 290 g/mol. The lowest BCUT2D eigenvalue weighted by Gasteiger charge is -2.23. The van der Waals surface area contributed by atoms with Crippen LogP contribution in [0.2, 0.25) is 0 Å². The Morgan fingerprint density at radius 2 is 2.10 bits per heavy atom. The van der Waals surface area contributed by atoms with Crippen molar-refractivity contribution < 1.29 is 19.4 Å². The number of aliphatic carboxylic acids is 1. The molecule has 6 nitrogen and oxygen atoms in total. The first-order valence-corrected chi connectivity index (χ1v) is 6.42. The molecule has 1 aromatic rings. The van der Waals surface area contributed by atoms with Gasteiger partial charge >= 0.3 is 12.1 Å². The number of carbonyl (C=O) groups is 2. The molecule has 0 aliphatic heterocycles. The minimum atomic E-state index is -1.06. The molecular formula is C15H18N2O4. The van der Waals surface area contributed by atoms with Crippen molar-refractivity contribution in [2.45, 2.75) is 38.8 Å². The second-order valence-electron chi connectivity index (χ2n) is 5.53. The maximum absolute atomic E-state index is 11.8. The third-order valence-corrected chi connectivity index (χ3v) is 2.49. The highest BCUT2D eigenvalue weighted by Crippen LogP contribution is 2.19. The van der Waals surface area contributed by atoms with Crippen molar-refractivity contribution in [2.75, 3.05) is 0 Å². The van der Waals surface area contributed by atoms with Gasteiger partial charge in [0.1, 0.15) is 5.60 Å². The lowest BCUT2D eigenvalue weighted by molar-refractivity contribution is -0.137. The molecule has 1 atom stereocenters. The van der Waals surface area contributed by atoms with Gasteiger partial charge in [0.2, 0.25) is 0 Å². The van der Waals surface area contributed by atoms with Crippen LogP contribution in [0.1, 0.15) is 44.4 Å². The number of carbonyl (C=O) groups excluding carboxylic acids is 1. The molecule has 0 radical (unpaired) electrons. The van der Waals surface area contributed by atoms with E-state index < -0.39 is 23.7 Å². The zero-order chi connectivity index (χ0) is 16.0. The third-order valence-electron chi connectivity index (χ3n) is 2.49. The summed E-state index contributed by atoms with van der Waals surface area (Å²) in [4.78, 5) is 22.7. The van der Waals surface area contributed by atoms with Gasteiger partial charge in [-0.05, 0) is 38.5 Å². The highest BCUT2D eigenvalue weighted by atomic mass is 16.6. The van der Waals surface area contributed by atoms with E-state index in [9.17, 15) is 9.59 Å². The molecule has 0 aromatic heterocycles. The molecule has 1 amide bonds. The van der Waals surface area contributed by atoms with Crippen LogP contribution in [0.25, 0.3) is 0 Å². The minimum Gasteiger partial charge on any atom is -0.481 e. The number of benzene rings is 1. The second-order valence-corrected chi connectivity index (χ2v) is 5.53. The lowest BCUT2D eigenvalue weighted by Crippen LogP contribution is -2.35. The Morgan fingerprint density at radius 3 is 2.62 bits per heavy atom. The van der Waals surface area contributed by atoms with E-state index in [1.807, 2.05) is 6.07 Å². The van der Waals surface area contributed by atoms with E-state index in [0.717, 1.165) is 0 Å². The van der Waals surface area contributed by atoms with E-state index in [4.69, 9.17) is 15.1 Å². The molecule has 2 N–H and O–H groups in total. The average molecular weight is 290 g/mol. The fourth-order valence-corrected chi connectivity index (χ4v) is 1.70. The van der Waals surface area contributed by atoms with Crippen LogP contribution >= 0.6 is 0 Å². The summed E-state index contributed by atoms with van der Waals surface area (Å²) in [6.07, 6.45) is -0.996. The Bertz CT molecular complexity index is 570. The number of nitrogens with zero attached hydrogens (tertiary/aromatic N) is 1. The molecule has 1 rings (SSSR count). The number of nitrogens with one attached hydrogen (secondary N) is 1. The largest absolute Gasteiger partial charge is 0.481 e. The zero-order valence-corrected chi connectivity index (χ0v) is 12.2.